The summed E-state index contributed by atoms with van der Waals surface area (Å²) in [6.07, 6.45) is 9.93. The summed E-state index contributed by atoms with van der Waals surface area (Å²) in [6.45, 7) is 8.73. The molecule has 0 bridgehead atoms. The molecule has 3 rings (SSSR count). The van der Waals surface area contributed by atoms with Crippen LogP contribution in [0.1, 0.15) is 58.8 Å². The third-order valence-electron chi connectivity index (χ3n) is 5.46. The van der Waals surface area contributed by atoms with Crippen LogP contribution < -0.4 is 5.32 Å². The van der Waals surface area contributed by atoms with Crippen molar-refractivity contribution < 1.29 is 0 Å². The predicted octanol–water partition coefficient (Wildman–Crippen LogP) is 2.78. The Kier molecular flexibility index (Phi) is 2.99. The Morgan fingerprint density at radius 2 is 1.88 bits per heavy atom. The molecule has 0 amide bonds. The van der Waals surface area contributed by atoms with Crippen LogP contribution in [0, 0.1) is 5.41 Å². The highest BCUT2D eigenvalue weighted by molar-refractivity contribution is 5.03. The van der Waals surface area contributed by atoms with E-state index in [2.05, 4.69) is 24.1 Å². The molecule has 2 heteroatoms. The van der Waals surface area contributed by atoms with Crippen molar-refractivity contribution in [3.05, 3.63) is 0 Å². The van der Waals surface area contributed by atoms with E-state index in [9.17, 15) is 0 Å². The minimum atomic E-state index is 0.497. The minimum Gasteiger partial charge on any atom is -0.308 e. The molecule has 1 aliphatic heterocycles. The maximum absolute atomic E-state index is 3.89. The average Bonchev–Trinajstić information content (AvgIpc) is 2.87. The normalized spacial score (nSPS) is 35.3. The Morgan fingerprint density at radius 1 is 1.18 bits per heavy atom. The Balaban J connectivity index is 1.68. The highest BCUT2D eigenvalue weighted by Crippen LogP contribution is 2.46. The Morgan fingerprint density at radius 3 is 2.47 bits per heavy atom. The summed E-state index contributed by atoms with van der Waals surface area (Å²) in [5.74, 6) is 0. The van der Waals surface area contributed by atoms with Gasteiger partial charge in [-0.1, -0.05) is 26.7 Å². The molecule has 0 radical (unpaired) electrons. The SMILES string of the molecule is CCC1CNC2(CCCC2)CN1CC1(C)CC1. The van der Waals surface area contributed by atoms with E-state index >= 15 is 0 Å². The van der Waals surface area contributed by atoms with E-state index in [0.29, 0.717) is 11.0 Å². The van der Waals surface area contributed by atoms with Crippen molar-refractivity contribution in [2.75, 3.05) is 19.6 Å². The fourth-order valence-corrected chi connectivity index (χ4v) is 3.87. The molecule has 1 heterocycles. The molecule has 2 aliphatic carbocycles. The lowest BCUT2D eigenvalue weighted by atomic mass is 9.90. The van der Waals surface area contributed by atoms with Gasteiger partial charge in [0.2, 0.25) is 0 Å². The third kappa shape index (κ3) is 2.39. The summed E-state index contributed by atoms with van der Waals surface area (Å²) < 4.78 is 0. The second-order valence-corrected chi connectivity index (χ2v) is 7.15. The molecule has 1 N–H and O–H groups in total. The molecule has 2 nitrogen and oxygen atoms in total. The molecule has 1 spiro atoms. The summed E-state index contributed by atoms with van der Waals surface area (Å²) in [5, 5.41) is 3.89. The molecule has 1 unspecified atom stereocenters. The molecular formula is C15H28N2. The van der Waals surface area contributed by atoms with Crippen LogP contribution in [0.25, 0.3) is 0 Å². The van der Waals surface area contributed by atoms with Gasteiger partial charge in [0.15, 0.2) is 0 Å². The molecule has 2 saturated carbocycles. The van der Waals surface area contributed by atoms with Crippen molar-refractivity contribution in [1.29, 1.82) is 0 Å². The first-order valence-corrected chi connectivity index (χ1v) is 7.64. The topological polar surface area (TPSA) is 15.3 Å². The van der Waals surface area contributed by atoms with Gasteiger partial charge in [0.25, 0.3) is 0 Å². The van der Waals surface area contributed by atoms with Crippen LogP contribution in [0.5, 0.6) is 0 Å². The highest BCUT2D eigenvalue weighted by Gasteiger charge is 2.45. The quantitative estimate of drug-likeness (QED) is 0.810. The highest BCUT2D eigenvalue weighted by atomic mass is 15.3. The number of nitrogens with one attached hydrogen (secondary N) is 1. The van der Waals surface area contributed by atoms with Crippen LogP contribution in [0.3, 0.4) is 0 Å². The Bertz CT molecular complexity index is 277. The minimum absolute atomic E-state index is 0.497. The molecule has 1 atom stereocenters. The maximum Gasteiger partial charge on any atom is 0.0309 e. The monoisotopic (exact) mass is 236 g/mol. The molecular weight excluding hydrogens is 208 g/mol. The van der Waals surface area contributed by atoms with Crippen LogP contribution in [-0.4, -0.2) is 36.1 Å². The van der Waals surface area contributed by atoms with Gasteiger partial charge >= 0.3 is 0 Å². The van der Waals surface area contributed by atoms with Crippen molar-refractivity contribution >= 4 is 0 Å². The van der Waals surface area contributed by atoms with Crippen molar-refractivity contribution in [3.63, 3.8) is 0 Å². The summed E-state index contributed by atoms with van der Waals surface area (Å²) in [4.78, 5) is 2.83. The van der Waals surface area contributed by atoms with E-state index < -0.39 is 0 Å². The van der Waals surface area contributed by atoms with E-state index in [0.717, 1.165) is 6.04 Å². The molecule has 3 fully saturated rings. The van der Waals surface area contributed by atoms with E-state index in [1.165, 1.54) is 64.6 Å². The zero-order valence-electron chi connectivity index (χ0n) is 11.6. The second kappa shape index (κ2) is 4.24. The summed E-state index contributed by atoms with van der Waals surface area (Å²) >= 11 is 0. The lowest BCUT2D eigenvalue weighted by Gasteiger charge is -2.47. The maximum atomic E-state index is 3.89. The molecule has 1 saturated heterocycles. The zero-order chi connectivity index (χ0) is 11.9. The van der Waals surface area contributed by atoms with E-state index in [1.807, 2.05) is 0 Å². The summed E-state index contributed by atoms with van der Waals surface area (Å²) in [5.41, 5.74) is 1.17. The molecule has 17 heavy (non-hydrogen) atoms. The van der Waals surface area contributed by atoms with Gasteiger partial charge in [0, 0.05) is 31.2 Å². The van der Waals surface area contributed by atoms with Crippen molar-refractivity contribution in [3.8, 4) is 0 Å². The van der Waals surface area contributed by atoms with Crippen LogP contribution in [0.2, 0.25) is 0 Å². The van der Waals surface area contributed by atoms with Gasteiger partial charge < -0.3 is 5.32 Å². The largest absolute Gasteiger partial charge is 0.308 e. The number of hydrogen-bond donors (Lipinski definition) is 1. The third-order valence-corrected chi connectivity index (χ3v) is 5.46. The van der Waals surface area contributed by atoms with Gasteiger partial charge in [-0.2, -0.15) is 0 Å². The van der Waals surface area contributed by atoms with E-state index in [4.69, 9.17) is 0 Å². The predicted molar refractivity (Wildman–Crippen MR) is 72.2 cm³/mol. The molecule has 3 aliphatic rings. The van der Waals surface area contributed by atoms with Gasteiger partial charge in [-0.3, -0.25) is 4.90 Å². The van der Waals surface area contributed by atoms with Crippen LogP contribution in [-0.2, 0) is 0 Å². The number of nitrogens with zero attached hydrogens (tertiary/aromatic N) is 1. The number of piperazine rings is 1. The van der Waals surface area contributed by atoms with Gasteiger partial charge in [0.05, 0.1) is 0 Å². The first kappa shape index (κ1) is 12.0. The number of hydrogen-bond acceptors (Lipinski definition) is 2. The standard InChI is InChI=1S/C15H28N2/c1-3-13-10-16-15(6-4-5-7-15)12-17(13)11-14(2)8-9-14/h13,16H,3-12H2,1-2H3. The smallest absolute Gasteiger partial charge is 0.0309 e. The molecule has 0 aromatic rings. The van der Waals surface area contributed by atoms with E-state index in [-0.39, 0.29) is 0 Å². The van der Waals surface area contributed by atoms with E-state index in [1.54, 1.807) is 0 Å². The van der Waals surface area contributed by atoms with Crippen LogP contribution in [0.15, 0.2) is 0 Å². The van der Waals surface area contributed by atoms with Gasteiger partial charge in [-0.15, -0.1) is 0 Å². The summed E-state index contributed by atoms with van der Waals surface area (Å²) in [7, 11) is 0. The Labute approximate surface area is 106 Å². The fraction of sp³-hybridized carbons (Fsp3) is 1.00. The molecule has 0 aromatic heterocycles. The van der Waals surface area contributed by atoms with Gasteiger partial charge in [0.1, 0.15) is 0 Å². The van der Waals surface area contributed by atoms with Crippen molar-refractivity contribution in [2.24, 2.45) is 5.41 Å². The van der Waals surface area contributed by atoms with Crippen LogP contribution in [0.4, 0.5) is 0 Å². The fourth-order valence-electron chi connectivity index (χ4n) is 3.87. The van der Waals surface area contributed by atoms with Crippen molar-refractivity contribution in [1.82, 2.24) is 10.2 Å². The lowest BCUT2D eigenvalue weighted by molar-refractivity contribution is 0.0625. The summed E-state index contributed by atoms with van der Waals surface area (Å²) in [6, 6.07) is 0.790. The second-order valence-electron chi connectivity index (χ2n) is 7.15. The number of rotatable bonds is 3. The van der Waals surface area contributed by atoms with Gasteiger partial charge in [-0.05, 0) is 37.5 Å². The van der Waals surface area contributed by atoms with Crippen LogP contribution >= 0.6 is 0 Å². The first-order valence-electron chi connectivity index (χ1n) is 7.64. The first-order chi connectivity index (χ1) is 8.15. The Hall–Kier alpha value is -0.0800. The average molecular weight is 236 g/mol. The zero-order valence-corrected chi connectivity index (χ0v) is 11.6. The molecule has 0 aromatic carbocycles. The van der Waals surface area contributed by atoms with Gasteiger partial charge in [-0.25, -0.2) is 0 Å². The van der Waals surface area contributed by atoms with Crippen molar-refractivity contribution in [2.45, 2.75) is 70.4 Å². The lowest BCUT2D eigenvalue weighted by Crippen LogP contribution is -2.63. The molecule has 98 valence electrons.